The fourth-order valence-electron chi connectivity index (χ4n) is 4.14. The van der Waals surface area contributed by atoms with Crippen molar-refractivity contribution in [2.75, 3.05) is 6.61 Å². The van der Waals surface area contributed by atoms with Crippen LogP contribution in [0.25, 0.3) is 0 Å². The lowest BCUT2D eigenvalue weighted by atomic mass is 9.94. The molecule has 136 valence electrons. The van der Waals surface area contributed by atoms with Gasteiger partial charge in [0, 0.05) is 8.80 Å². The van der Waals surface area contributed by atoms with Gasteiger partial charge in [-0.1, -0.05) is 82.1 Å². The lowest BCUT2D eigenvalue weighted by molar-refractivity contribution is 0.340. The SMILES string of the molecule is CCCCCCC[SiH]1CCC(CCc2ccc(OCC)cc2)CC1. The first-order valence-corrected chi connectivity index (χ1v) is 13.0. The van der Waals surface area contributed by atoms with Gasteiger partial charge in [-0.15, -0.1) is 0 Å². The Morgan fingerprint density at radius 1 is 0.958 bits per heavy atom. The van der Waals surface area contributed by atoms with E-state index in [0.717, 1.165) is 18.3 Å². The average Bonchev–Trinajstić information content (AvgIpc) is 2.62. The molecule has 0 aliphatic carbocycles. The van der Waals surface area contributed by atoms with Crippen LogP contribution < -0.4 is 4.74 Å². The molecule has 24 heavy (non-hydrogen) atoms. The minimum Gasteiger partial charge on any atom is -0.494 e. The first kappa shape index (κ1) is 19.6. The van der Waals surface area contributed by atoms with Crippen molar-refractivity contribution in [3.63, 3.8) is 0 Å². The van der Waals surface area contributed by atoms with E-state index in [9.17, 15) is 0 Å². The molecule has 0 saturated carbocycles. The minimum absolute atomic E-state index is 0.346. The molecule has 0 atom stereocenters. The monoisotopic (exact) mass is 346 g/mol. The maximum absolute atomic E-state index is 5.53. The molecule has 2 heteroatoms. The maximum atomic E-state index is 5.53. The van der Waals surface area contributed by atoms with Crippen molar-refractivity contribution >= 4 is 8.80 Å². The van der Waals surface area contributed by atoms with E-state index in [1.165, 1.54) is 63.4 Å². The molecule has 0 aromatic heterocycles. The van der Waals surface area contributed by atoms with Crippen molar-refractivity contribution in [3.05, 3.63) is 29.8 Å². The Kier molecular flexibility index (Phi) is 9.56. The molecule has 1 aromatic carbocycles. The van der Waals surface area contributed by atoms with Crippen LogP contribution >= 0.6 is 0 Å². The molecule has 0 radical (unpaired) electrons. The van der Waals surface area contributed by atoms with Gasteiger partial charge in [0.15, 0.2) is 0 Å². The van der Waals surface area contributed by atoms with Gasteiger partial charge in [0.1, 0.15) is 5.75 Å². The molecule has 0 N–H and O–H groups in total. The predicted molar refractivity (Wildman–Crippen MR) is 109 cm³/mol. The summed E-state index contributed by atoms with van der Waals surface area (Å²) in [7, 11) is -0.346. The van der Waals surface area contributed by atoms with Crippen LogP contribution in [0.5, 0.6) is 5.75 Å². The third kappa shape index (κ3) is 7.42. The van der Waals surface area contributed by atoms with E-state index in [2.05, 4.69) is 31.2 Å². The van der Waals surface area contributed by atoms with Crippen molar-refractivity contribution in [2.45, 2.75) is 89.8 Å². The second-order valence-electron chi connectivity index (χ2n) is 7.71. The van der Waals surface area contributed by atoms with E-state index in [4.69, 9.17) is 4.74 Å². The number of ether oxygens (including phenoxy) is 1. The first-order valence-electron chi connectivity index (χ1n) is 10.5. The largest absolute Gasteiger partial charge is 0.494 e. The minimum atomic E-state index is -0.346. The number of hydrogen-bond donors (Lipinski definition) is 0. The summed E-state index contributed by atoms with van der Waals surface area (Å²) in [5.41, 5.74) is 1.48. The normalized spacial score (nSPS) is 20.9. The van der Waals surface area contributed by atoms with Crippen LogP contribution in [0.15, 0.2) is 24.3 Å². The van der Waals surface area contributed by atoms with E-state index in [-0.39, 0.29) is 8.80 Å². The highest BCUT2D eigenvalue weighted by molar-refractivity contribution is 6.58. The van der Waals surface area contributed by atoms with Gasteiger partial charge >= 0.3 is 0 Å². The van der Waals surface area contributed by atoms with Gasteiger partial charge in [-0.05, 0) is 43.4 Å². The highest BCUT2D eigenvalue weighted by atomic mass is 28.3. The van der Waals surface area contributed by atoms with E-state index < -0.39 is 0 Å². The van der Waals surface area contributed by atoms with Crippen LogP contribution in [0.3, 0.4) is 0 Å². The molecule has 1 fully saturated rings. The summed E-state index contributed by atoms with van der Waals surface area (Å²) in [6.45, 7) is 5.10. The van der Waals surface area contributed by atoms with Crippen molar-refractivity contribution in [1.82, 2.24) is 0 Å². The molecule has 0 spiro atoms. The van der Waals surface area contributed by atoms with Gasteiger partial charge in [-0.25, -0.2) is 0 Å². The molecule has 1 heterocycles. The van der Waals surface area contributed by atoms with Crippen molar-refractivity contribution in [2.24, 2.45) is 5.92 Å². The molecule has 0 unspecified atom stereocenters. The average molecular weight is 347 g/mol. The zero-order chi connectivity index (χ0) is 17.0. The van der Waals surface area contributed by atoms with Crippen LogP contribution in [-0.2, 0) is 6.42 Å². The van der Waals surface area contributed by atoms with Crippen molar-refractivity contribution in [3.8, 4) is 5.75 Å². The molecule has 2 rings (SSSR count). The lowest BCUT2D eigenvalue weighted by Gasteiger charge is -2.27. The zero-order valence-electron chi connectivity index (χ0n) is 16.1. The van der Waals surface area contributed by atoms with Crippen LogP contribution in [0.1, 0.15) is 70.8 Å². The number of hydrogen-bond acceptors (Lipinski definition) is 1. The van der Waals surface area contributed by atoms with E-state index in [1.54, 1.807) is 18.1 Å². The third-order valence-electron chi connectivity index (χ3n) is 5.76. The lowest BCUT2D eigenvalue weighted by Crippen LogP contribution is -2.21. The smallest absolute Gasteiger partial charge is 0.119 e. The Morgan fingerprint density at radius 2 is 1.67 bits per heavy atom. The second-order valence-corrected chi connectivity index (χ2v) is 11.2. The molecule has 1 nitrogen and oxygen atoms in total. The molecular formula is C22H38OSi. The Labute approximate surface area is 151 Å². The predicted octanol–water partition coefficient (Wildman–Crippen LogP) is 6.63. The van der Waals surface area contributed by atoms with Crippen molar-refractivity contribution < 1.29 is 4.74 Å². The summed E-state index contributed by atoms with van der Waals surface area (Å²) >= 11 is 0. The highest BCUT2D eigenvalue weighted by Gasteiger charge is 2.21. The second kappa shape index (κ2) is 11.7. The van der Waals surface area contributed by atoms with Gasteiger partial charge in [-0.2, -0.15) is 0 Å². The highest BCUT2D eigenvalue weighted by Crippen LogP contribution is 2.31. The number of aryl methyl sites for hydroxylation is 1. The molecule has 1 saturated heterocycles. The van der Waals surface area contributed by atoms with E-state index >= 15 is 0 Å². The van der Waals surface area contributed by atoms with Gasteiger partial charge in [0.05, 0.1) is 6.61 Å². The molecule has 1 aliphatic rings. The number of rotatable bonds is 11. The summed E-state index contributed by atoms with van der Waals surface area (Å²) < 4.78 is 5.53. The molecule has 0 amide bonds. The summed E-state index contributed by atoms with van der Waals surface area (Å²) in [6, 6.07) is 13.6. The van der Waals surface area contributed by atoms with Crippen LogP contribution in [0, 0.1) is 5.92 Å². The van der Waals surface area contributed by atoms with E-state index in [1.807, 2.05) is 6.92 Å². The Morgan fingerprint density at radius 3 is 2.33 bits per heavy atom. The van der Waals surface area contributed by atoms with Crippen LogP contribution in [0.2, 0.25) is 18.1 Å². The molecule has 0 bridgehead atoms. The fraction of sp³-hybridized carbons (Fsp3) is 0.727. The molecule has 1 aliphatic heterocycles. The Balaban J connectivity index is 1.57. The number of unbranched alkanes of at least 4 members (excludes halogenated alkanes) is 4. The van der Waals surface area contributed by atoms with Gasteiger partial charge in [-0.3, -0.25) is 0 Å². The molecular weight excluding hydrogens is 308 g/mol. The number of benzene rings is 1. The Hall–Kier alpha value is -0.763. The topological polar surface area (TPSA) is 9.23 Å². The van der Waals surface area contributed by atoms with Gasteiger partial charge in [0.25, 0.3) is 0 Å². The summed E-state index contributed by atoms with van der Waals surface area (Å²) in [5.74, 6) is 2.01. The van der Waals surface area contributed by atoms with Gasteiger partial charge in [0.2, 0.25) is 0 Å². The fourth-order valence-corrected chi connectivity index (χ4v) is 7.75. The van der Waals surface area contributed by atoms with Crippen molar-refractivity contribution in [1.29, 1.82) is 0 Å². The summed E-state index contributed by atoms with van der Waals surface area (Å²) in [4.78, 5) is 0. The zero-order valence-corrected chi connectivity index (χ0v) is 17.2. The first-order chi connectivity index (χ1) is 11.8. The maximum Gasteiger partial charge on any atom is 0.119 e. The summed E-state index contributed by atoms with van der Waals surface area (Å²) in [6.07, 6.45) is 13.0. The van der Waals surface area contributed by atoms with E-state index in [0.29, 0.717) is 0 Å². The standard InChI is InChI=1S/C22H38OSi/c1-3-5-6-7-8-17-24-18-15-21(16-19-24)10-9-20-11-13-22(14-12-20)23-4-2/h11-14,21,24H,3-10,15-19H2,1-2H3. The van der Waals surface area contributed by atoms with Crippen LogP contribution in [-0.4, -0.2) is 15.4 Å². The van der Waals surface area contributed by atoms with Gasteiger partial charge < -0.3 is 4.74 Å². The summed E-state index contributed by atoms with van der Waals surface area (Å²) in [5, 5.41) is 0. The third-order valence-corrected chi connectivity index (χ3v) is 9.28. The van der Waals surface area contributed by atoms with Crippen LogP contribution in [0.4, 0.5) is 0 Å². The molecule has 1 aromatic rings. The quantitative estimate of drug-likeness (QED) is 0.323. The Bertz CT molecular complexity index is 420.